The fourth-order valence-electron chi connectivity index (χ4n) is 3.07. The molecule has 1 aliphatic rings. The van der Waals surface area contributed by atoms with Crippen molar-refractivity contribution >= 4 is 53.0 Å². The highest BCUT2D eigenvalue weighted by Crippen LogP contribution is 2.20. The summed E-state index contributed by atoms with van der Waals surface area (Å²) in [5, 5.41) is 5.56. The van der Waals surface area contributed by atoms with Gasteiger partial charge in [-0.1, -0.05) is 25.6 Å². The van der Waals surface area contributed by atoms with Crippen LogP contribution in [0, 0.1) is 5.92 Å². The Morgan fingerprint density at radius 1 is 1.48 bits per heavy atom. The molecule has 1 unspecified atom stereocenters. The van der Waals surface area contributed by atoms with E-state index in [9.17, 15) is 0 Å². The van der Waals surface area contributed by atoms with Gasteiger partial charge in [0.1, 0.15) is 4.34 Å². The van der Waals surface area contributed by atoms with Crippen LogP contribution in [0.5, 0.6) is 0 Å². The van der Waals surface area contributed by atoms with Gasteiger partial charge in [-0.2, -0.15) is 0 Å². The van der Waals surface area contributed by atoms with E-state index in [2.05, 4.69) is 38.9 Å². The molecule has 1 saturated heterocycles. The number of guanidine groups is 1. The Morgan fingerprint density at radius 3 is 2.92 bits per heavy atom. The van der Waals surface area contributed by atoms with Crippen molar-refractivity contribution in [3.05, 3.63) is 11.6 Å². The van der Waals surface area contributed by atoms with Crippen LogP contribution < -0.4 is 5.32 Å². The molecule has 1 atom stereocenters. The summed E-state index contributed by atoms with van der Waals surface area (Å²) in [7, 11) is 1.89. The highest BCUT2D eigenvalue weighted by atomic mass is 127. The largest absolute Gasteiger partial charge is 0.356 e. The number of nitrogens with one attached hydrogen (secondary N) is 1. The van der Waals surface area contributed by atoms with E-state index in [0.29, 0.717) is 0 Å². The fraction of sp³-hybridized carbons (Fsp3) is 0.765. The average Bonchev–Trinajstić information content (AvgIpc) is 3.28. The molecule has 8 heteroatoms. The zero-order valence-electron chi connectivity index (χ0n) is 15.6. The van der Waals surface area contributed by atoms with Crippen molar-refractivity contribution in [3.8, 4) is 0 Å². The maximum atomic E-state index is 4.47. The molecular weight excluding hydrogens is 465 g/mol. The molecule has 0 amide bonds. The summed E-state index contributed by atoms with van der Waals surface area (Å²) in [6.45, 7) is 11.2. The first-order valence-electron chi connectivity index (χ1n) is 8.97. The zero-order chi connectivity index (χ0) is 17.2. The van der Waals surface area contributed by atoms with Gasteiger partial charge in [-0.25, -0.2) is 4.98 Å². The molecule has 5 nitrogen and oxygen atoms in total. The third kappa shape index (κ3) is 8.01. The van der Waals surface area contributed by atoms with Gasteiger partial charge in [-0.3, -0.25) is 4.99 Å². The molecule has 1 aliphatic heterocycles. The van der Waals surface area contributed by atoms with E-state index >= 15 is 0 Å². The molecule has 0 spiro atoms. The summed E-state index contributed by atoms with van der Waals surface area (Å²) in [5.41, 5.74) is 0. The molecule has 0 aromatic carbocycles. The molecule has 144 valence electrons. The molecule has 1 aromatic heterocycles. The van der Waals surface area contributed by atoms with E-state index in [0.717, 1.165) is 61.1 Å². The molecule has 1 N–H and O–H groups in total. The number of halogens is 1. The van der Waals surface area contributed by atoms with Gasteiger partial charge in [-0.15, -0.1) is 35.3 Å². The van der Waals surface area contributed by atoms with Crippen LogP contribution in [0.15, 0.2) is 20.9 Å². The summed E-state index contributed by atoms with van der Waals surface area (Å²) in [4.78, 5) is 13.7. The Hall–Kier alpha value is -0.0600. The molecule has 0 aliphatic carbocycles. The molecule has 2 heterocycles. The van der Waals surface area contributed by atoms with E-state index in [-0.39, 0.29) is 24.0 Å². The Labute approximate surface area is 178 Å². The summed E-state index contributed by atoms with van der Waals surface area (Å²) in [6, 6.07) is 0. The van der Waals surface area contributed by atoms with E-state index < -0.39 is 0 Å². The standard InChI is InChI=1S/C17H31N5S2.HI/c1-4-21(5-2)13-15-7-10-22(14-15)16(18-3)19-8-6-11-23-17-20-9-12-24-17;/h9,12,15H,4-8,10-11,13-14H2,1-3H3,(H,18,19);1H. The van der Waals surface area contributed by atoms with Crippen LogP contribution in [0.3, 0.4) is 0 Å². The first-order chi connectivity index (χ1) is 11.8. The normalized spacial score (nSPS) is 17.8. The predicted octanol–water partition coefficient (Wildman–Crippen LogP) is 3.48. The number of thiazole rings is 1. The van der Waals surface area contributed by atoms with Crippen LogP contribution in [0.25, 0.3) is 0 Å². The van der Waals surface area contributed by atoms with E-state index in [1.807, 2.05) is 30.4 Å². The second-order valence-corrected chi connectivity index (χ2v) is 8.30. The average molecular weight is 498 g/mol. The molecule has 0 saturated carbocycles. The molecule has 1 aromatic rings. The van der Waals surface area contributed by atoms with Crippen molar-refractivity contribution in [2.75, 3.05) is 52.1 Å². The highest BCUT2D eigenvalue weighted by molar-refractivity contribution is 14.0. The Bertz CT molecular complexity index is 479. The van der Waals surface area contributed by atoms with Crippen LogP contribution in [-0.4, -0.2) is 72.8 Å². The lowest BCUT2D eigenvalue weighted by atomic mass is 10.1. The lowest BCUT2D eigenvalue weighted by Crippen LogP contribution is -2.41. The Morgan fingerprint density at radius 2 is 2.28 bits per heavy atom. The smallest absolute Gasteiger partial charge is 0.193 e. The number of thioether (sulfide) groups is 1. The molecule has 0 radical (unpaired) electrons. The molecule has 2 rings (SSSR count). The van der Waals surface area contributed by atoms with Crippen molar-refractivity contribution in [1.82, 2.24) is 20.1 Å². The van der Waals surface area contributed by atoms with Crippen LogP contribution in [0.2, 0.25) is 0 Å². The lowest BCUT2D eigenvalue weighted by Gasteiger charge is -2.24. The monoisotopic (exact) mass is 497 g/mol. The van der Waals surface area contributed by atoms with Crippen molar-refractivity contribution in [2.45, 2.75) is 31.0 Å². The quantitative estimate of drug-likeness (QED) is 0.186. The van der Waals surface area contributed by atoms with Crippen LogP contribution >= 0.6 is 47.1 Å². The lowest BCUT2D eigenvalue weighted by molar-refractivity contribution is 0.255. The number of rotatable bonds is 9. The van der Waals surface area contributed by atoms with Gasteiger partial charge in [0.05, 0.1) is 0 Å². The van der Waals surface area contributed by atoms with Gasteiger partial charge in [-0.05, 0) is 31.8 Å². The summed E-state index contributed by atoms with van der Waals surface area (Å²) < 4.78 is 1.16. The summed E-state index contributed by atoms with van der Waals surface area (Å²) >= 11 is 3.56. The van der Waals surface area contributed by atoms with Gasteiger partial charge in [0, 0.05) is 50.6 Å². The van der Waals surface area contributed by atoms with Crippen LogP contribution in [0.4, 0.5) is 0 Å². The van der Waals surface area contributed by atoms with E-state index in [1.54, 1.807) is 11.3 Å². The highest BCUT2D eigenvalue weighted by Gasteiger charge is 2.25. The topological polar surface area (TPSA) is 43.8 Å². The van der Waals surface area contributed by atoms with Crippen molar-refractivity contribution in [2.24, 2.45) is 10.9 Å². The van der Waals surface area contributed by atoms with Gasteiger partial charge in [0.2, 0.25) is 0 Å². The van der Waals surface area contributed by atoms with Crippen molar-refractivity contribution in [1.29, 1.82) is 0 Å². The Balaban J connectivity index is 0.00000312. The number of nitrogens with zero attached hydrogens (tertiary/aromatic N) is 4. The number of hydrogen-bond acceptors (Lipinski definition) is 5. The van der Waals surface area contributed by atoms with E-state index in [1.165, 1.54) is 13.0 Å². The van der Waals surface area contributed by atoms with Crippen molar-refractivity contribution in [3.63, 3.8) is 0 Å². The first kappa shape index (κ1) is 23.0. The van der Waals surface area contributed by atoms with Crippen molar-refractivity contribution < 1.29 is 0 Å². The third-order valence-electron chi connectivity index (χ3n) is 4.45. The number of likely N-dealkylation sites (tertiary alicyclic amines) is 1. The second kappa shape index (κ2) is 13.2. The van der Waals surface area contributed by atoms with Crippen LogP contribution in [-0.2, 0) is 0 Å². The Kier molecular flexibility index (Phi) is 12.1. The van der Waals surface area contributed by atoms with Gasteiger partial charge in [0.15, 0.2) is 5.96 Å². The third-order valence-corrected chi connectivity index (χ3v) is 6.50. The minimum absolute atomic E-state index is 0. The number of hydrogen-bond donors (Lipinski definition) is 1. The fourth-order valence-corrected chi connectivity index (χ4v) is 4.71. The maximum absolute atomic E-state index is 4.47. The number of aliphatic imine (C=N–C) groups is 1. The maximum Gasteiger partial charge on any atom is 0.193 e. The predicted molar refractivity (Wildman–Crippen MR) is 122 cm³/mol. The molecular formula is C17H32IN5S2. The first-order valence-corrected chi connectivity index (χ1v) is 10.8. The molecule has 0 bridgehead atoms. The van der Waals surface area contributed by atoms with Crippen LogP contribution in [0.1, 0.15) is 26.7 Å². The zero-order valence-corrected chi connectivity index (χ0v) is 19.6. The van der Waals surface area contributed by atoms with Gasteiger partial charge >= 0.3 is 0 Å². The molecule has 1 fully saturated rings. The van der Waals surface area contributed by atoms with Gasteiger partial charge < -0.3 is 15.1 Å². The second-order valence-electron chi connectivity index (χ2n) is 6.06. The minimum atomic E-state index is 0. The van der Waals surface area contributed by atoms with E-state index in [4.69, 9.17) is 0 Å². The number of aromatic nitrogens is 1. The summed E-state index contributed by atoms with van der Waals surface area (Å²) in [6.07, 6.45) is 4.27. The van der Waals surface area contributed by atoms with Gasteiger partial charge in [0.25, 0.3) is 0 Å². The summed E-state index contributed by atoms with van der Waals surface area (Å²) in [5.74, 6) is 2.93. The molecule has 25 heavy (non-hydrogen) atoms. The minimum Gasteiger partial charge on any atom is -0.356 e. The SMILES string of the molecule is CCN(CC)CC1CCN(C(=NC)NCCCSc2nccs2)C1.I.